The standard InChI is InChI=1S/C21H25N3O3/c22-19(26)20(17-16-6-3-12-24(16)13-11-23-17)7-9-21(10-8-20)15-5-2-1-4-14(15)18(25)27-21/h1-5,12,16-17,23H,6-11,13H2,(H2,22,26)/t16?,17-,20-,21+/m0/s1. The molecule has 0 radical (unpaired) electrons. The molecule has 27 heavy (non-hydrogen) atoms. The van der Waals surface area contributed by atoms with Gasteiger partial charge in [-0.2, -0.15) is 0 Å². The highest BCUT2D eigenvalue weighted by atomic mass is 16.6. The Morgan fingerprint density at radius 2 is 2.00 bits per heavy atom. The molecule has 2 fully saturated rings. The molecule has 1 aromatic carbocycles. The summed E-state index contributed by atoms with van der Waals surface area (Å²) in [4.78, 5) is 27.4. The van der Waals surface area contributed by atoms with Crippen LogP contribution in [-0.4, -0.2) is 41.9 Å². The molecule has 3 aliphatic heterocycles. The van der Waals surface area contributed by atoms with E-state index in [1.54, 1.807) is 0 Å². The summed E-state index contributed by atoms with van der Waals surface area (Å²) in [6, 6.07) is 7.93. The van der Waals surface area contributed by atoms with Gasteiger partial charge in [-0.05, 0) is 44.4 Å². The van der Waals surface area contributed by atoms with Crippen molar-refractivity contribution in [3.63, 3.8) is 0 Å². The normalized spacial score (nSPS) is 37.2. The summed E-state index contributed by atoms with van der Waals surface area (Å²) < 4.78 is 5.87. The van der Waals surface area contributed by atoms with Crippen molar-refractivity contribution in [2.45, 2.75) is 49.8 Å². The molecule has 1 aliphatic carbocycles. The molecule has 6 nitrogen and oxygen atoms in total. The summed E-state index contributed by atoms with van der Waals surface area (Å²) in [5.74, 6) is -0.486. The SMILES string of the molecule is NC(=O)[C@]1([C@H]2NCCN3C=CCC23)CC[C@@]2(CC1)OC(=O)c1ccccc12. The van der Waals surface area contributed by atoms with Crippen molar-refractivity contribution in [1.29, 1.82) is 0 Å². The van der Waals surface area contributed by atoms with Crippen molar-refractivity contribution in [3.8, 4) is 0 Å². The molecule has 3 heterocycles. The van der Waals surface area contributed by atoms with Gasteiger partial charge in [0.05, 0.1) is 11.0 Å². The molecule has 1 saturated heterocycles. The molecule has 142 valence electrons. The second kappa shape index (κ2) is 5.83. The van der Waals surface area contributed by atoms with Gasteiger partial charge in [0.25, 0.3) is 0 Å². The number of rotatable bonds is 2. The molecule has 0 bridgehead atoms. The van der Waals surface area contributed by atoms with E-state index in [4.69, 9.17) is 10.5 Å². The molecule has 6 heteroatoms. The van der Waals surface area contributed by atoms with Gasteiger partial charge < -0.3 is 20.7 Å². The number of nitrogens with zero attached hydrogens (tertiary/aromatic N) is 1. The van der Waals surface area contributed by atoms with Gasteiger partial charge in [-0.3, -0.25) is 4.79 Å². The maximum absolute atomic E-state index is 12.7. The number of carbonyl (C=O) groups is 2. The highest BCUT2D eigenvalue weighted by molar-refractivity contribution is 5.94. The fourth-order valence-corrected chi connectivity index (χ4v) is 5.73. The van der Waals surface area contributed by atoms with E-state index in [0.717, 1.165) is 25.1 Å². The van der Waals surface area contributed by atoms with Crippen LogP contribution in [0.4, 0.5) is 0 Å². The Balaban J connectivity index is 1.45. The zero-order chi connectivity index (χ0) is 18.6. The minimum Gasteiger partial charge on any atom is -0.451 e. The van der Waals surface area contributed by atoms with Crippen LogP contribution in [0.15, 0.2) is 36.5 Å². The summed E-state index contributed by atoms with van der Waals surface area (Å²) in [6.45, 7) is 1.81. The summed E-state index contributed by atoms with van der Waals surface area (Å²) in [5, 5.41) is 3.60. The molecule has 1 aromatic rings. The van der Waals surface area contributed by atoms with E-state index in [0.29, 0.717) is 31.2 Å². The first-order valence-corrected chi connectivity index (χ1v) is 9.84. The quantitative estimate of drug-likeness (QED) is 0.777. The number of carbonyl (C=O) groups excluding carboxylic acids is 2. The number of hydrogen-bond acceptors (Lipinski definition) is 5. The van der Waals surface area contributed by atoms with E-state index in [1.165, 1.54) is 0 Å². The van der Waals surface area contributed by atoms with Crippen molar-refractivity contribution >= 4 is 11.9 Å². The Labute approximate surface area is 158 Å². The lowest BCUT2D eigenvalue weighted by atomic mass is 9.61. The molecule has 1 spiro atoms. The minimum absolute atomic E-state index is 0.0310. The van der Waals surface area contributed by atoms with Crippen molar-refractivity contribution in [2.24, 2.45) is 11.1 Å². The number of fused-ring (bicyclic) bond motifs is 3. The number of hydrogen-bond donors (Lipinski definition) is 2. The van der Waals surface area contributed by atoms with Crippen LogP contribution >= 0.6 is 0 Å². The zero-order valence-corrected chi connectivity index (χ0v) is 15.3. The Morgan fingerprint density at radius 3 is 2.78 bits per heavy atom. The Bertz CT molecular complexity index is 826. The van der Waals surface area contributed by atoms with E-state index < -0.39 is 11.0 Å². The van der Waals surface area contributed by atoms with Gasteiger partial charge in [-0.25, -0.2) is 4.79 Å². The van der Waals surface area contributed by atoms with Crippen LogP contribution in [-0.2, 0) is 15.1 Å². The average molecular weight is 367 g/mol. The lowest BCUT2D eigenvalue weighted by molar-refractivity contribution is -0.139. The molecule has 5 rings (SSSR count). The predicted octanol–water partition coefficient (Wildman–Crippen LogP) is 1.66. The van der Waals surface area contributed by atoms with Crippen LogP contribution in [0.1, 0.15) is 48.0 Å². The Hall–Kier alpha value is -2.34. The highest BCUT2D eigenvalue weighted by Gasteiger charge is 2.57. The molecular weight excluding hydrogens is 342 g/mol. The van der Waals surface area contributed by atoms with E-state index in [2.05, 4.69) is 22.5 Å². The van der Waals surface area contributed by atoms with Gasteiger partial charge in [0.1, 0.15) is 5.60 Å². The van der Waals surface area contributed by atoms with E-state index >= 15 is 0 Å². The van der Waals surface area contributed by atoms with Crippen LogP contribution in [0.25, 0.3) is 0 Å². The second-order valence-corrected chi connectivity index (χ2v) is 8.31. The molecule has 1 unspecified atom stereocenters. The fraction of sp³-hybridized carbons (Fsp3) is 0.524. The van der Waals surface area contributed by atoms with Crippen molar-refractivity contribution < 1.29 is 14.3 Å². The largest absolute Gasteiger partial charge is 0.451 e. The molecule has 0 aromatic heterocycles. The second-order valence-electron chi connectivity index (χ2n) is 8.31. The van der Waals surface area contributed by atoms with E-state index in [1.807, 2.05) is 24.3 Å². The number of primary amides is 1. The maximum atomic E-state index is 12.7. The van der Waals surface area contributed by atoms with Crippen LogP contribution < -0.4 is 11.1 Å². The van der Waals surface area contributed by atoms with Crippen LogP contribution in [0.5, 0.6) is 0 Å². The van der Waals surface area contributed by atoms with E-state index in [9.17, 15) is 9.59 Å². The first-order chi connectivity index (χ1) is 13.1. The smallest absolute Gasteiger partial charge is 0.339 e. The molecule has 1 amide bonds. The molecule has 2 atom stereocenters. The average Bonchev–Trinajstić information content (AvgIpc) is 3.26. The van der Waals surface area contributed by atoms with Gasteiger partial charge in [-0.15, -0.1) is 0 Å². The monoisotopic (exact) mass is 367 g/mol. The number of amides is 1. The predicted molar refractivity (Wildman–Crippen MR) is 99.7 cm³/mol. The lowest BCUT2D eigenvalue weighted by Gasteiger charge is -2.51. The minimum atomic E-state index is -0.607. The summed E-state index contributed by atoms with van der Waals surface area (Å²) in [6.07, 6.45) is 7.80. The number of piperazine rings is 1. The molecule has 1 saturated carbocycles. The lowest BCUT2D eigenvalue weighted by Crippen LogP contribution is -2.66. The number of esters is 1. The van der Waals surface area contributed by atoms with Crippen LogP contribution in [0.3, 0.4) is 0 Å². The van der Waals surface area contributed by atoms with Gasteiger partial charge >= 0.3 is 5.97 Å². The number of nitrogens with two attached hydrogens (primary N) is 1. The molecule has 4 aliphatic rings. The number of benzene rings is 1. The maximum Gasteiger partial charge on any atom is 0.339 e. The number of nitrogens with one attached hydrogen (secondary N) is 1. The third-order valence-electron chi connectivity index (χ3n) is 7.18. The van der Waals surface area contributed by atoms with Crippen LogP contribution in [0, 0.1) is 5.41 Å². The summed E-state index contributed by atoms with van der Waals surface area (Å²) in [5.41, 5.74) is 6.42. The summed E-state index contributed by atoms with van der Waals surface area (Å²) >= 11 is 0. The zero-order valence-electron chi connectivity index (χ0n) is 15.3. The van der Waals surface area contributed by atoms with Gasteiger partial charge in [0.15, 0.2) is 0 Å². The summed E-state index contributed by atoms with van der Waals surface area (Å²) in [7, 11) is 0. The molecular formula is C21H25N3O3. The fourth-order valence-electron chi connectivity index (χ4n) is 5.73. The highest BCUT2D eigenvalue weighted by Crippen LogP contribution is 2.53. The first-order valence-electron chi connectivity index (χ1n) is 9.84. The first kappa shape index (κ1) is 16.8. The van der Waals surface area contributed by atoms with Crippen molar-refractivity contribution in [2.75, 3.05) is 13.1 Å². The van der Waals surface area contributed by atoms with Gasteiger partial charge in [-0.1, -0.05) is 24.3 Å². The topological polar surface area (TPSA) is 84.7 Å². The Morgan fingerprint density at radius 1 is 1.22 bits per heavy atom. The molecule has 3 N–H and O–H groups in total. The third-order valence-corrected chi connectivity index (χ3v) is 7.18. The van der Waals surface area contributed by atoms with Crippen molar-refractivity contribution in [3.05, 3.63) is 47.7 Å². The van der Waals surface area contributed by atoms with Gasteiger partial charge in [0, 0.05) is 30.7 Å². The Kier molecular flexibility index (Phi) is 3.63. The number of ether oxygens (including phenoxy) is 1. The van der Waals surface area contributed by atoms with Crippen LogP contribution in [0.2, 0.25) is 0 Å². The third kappa shape index (κ3) is 2.29. The van der Waals surface area contributed by atoms with Gasteiger partial charge in [0.2, 0.25) is 5.91 Å². The van der Waals surface area contributed by atoms with E-state index in [-0.39, 0.29) is 24.0 Å². The van der Waals surface area contributed by atoms with Crippen molar-refractivity contribution in [1.82, 2.24) is 10.2 Å².